The standard InChI is InChI=1S/C10H12N2O3S/c13-10(14)8-9(16-4-11-8)12-6-3-5-1-2-7(6)15-5/h4-7,12H,1-3H2,(H,13,14). The van der Waals surface area contributed by atoms with Gasteiger partial charge in [0, 0.05) is 0 Å². The molecule has 3 rings (SSSR count). The van der Waals surface area contributed by atoms with Crippen LogP contribution in [-0.4, -0.2) is 34.3 Å². The molecule has 2 N–H and O–H groups in total. The molecule has 0 aliphatic carbocycles. The van der Waals surface area contributed by atoms with Crippen LogP contribution < -0.4 is 5.32 Å². The fourth-order valence-electron chi connectivity index (χ4n) is 2.46. The second kappa shape index (κ2) is 3.71. The van der Waals surface area contributed by atoms with E-state index < -0.39 is 5.97 Å². The first-order chi connectivity index (χ1) is 7.74. The lowest BCUT2D eigenvalue weighted by Gasteiger charge is -2.20. The average molecular weight is 240 g/mol. The van der Waals surface area contributed by atoms with E-state index in [4.69, 9.17) is 9.84 Å². The third-order valence-electron chi connectivity index (χ3n) is 3.19. The van der Waals surface area contributed by atoms with E-state index >= 15 is 0 Å². The zero-order chi connectivity index (χ0) is 11.1. The van der Waals surface area contributed by atoms with E-state index in [0.717, 1.165) is 19.3 Å². The summed E-state index contributed by atoms with van der Waals surface area (Å²) in [6.07, 6.45) is 3.79. The minimum Gasteiger partial charge on any atom is -0.476 e. The molecule has 3 heterocycles. The summed E-state index contributed by atoms with van der Waals surface area (Å²) >= 11 is 1.33. The molecular weight excluding hydrogens is 228 g/mol. The molecule has 2 fully saturated rings. The molecule has 0 amide bonds. The van der Waals surface area contributed by atoms with E-state index in [-0.39, 0.29) is 17.8 Å². The normalized spacial score (nSPS) is 31.9. The van der Waals surface area contributed by atoms with Crippen LogP contribution in [0.5, 0.6) is 0 Å². The van der Waals surface area contributed by atoms with Gasteiger partial charge >= 0.3 is 5.97 Å². The van der Waals surface area contributed by atoms with Crippen molar-refractivity contribution < 1.29 is 14.6 Å². The van der Waals surface area contributed by atoms with Crippen molar-refractivity contribution in [3.63, 3.8) is 0 Å². The lowest BCUT2D eigenvalue weighted by atomic mass is 9.96. The average Bonchev–Trinajstić information content (AvgIpc) is 2.91. The number of carboxylic acid groups (broad SMARTS) is 1. The highest BCUT2D eigenvalue weighted by Gasteiger charge is 2.41. The predicted molar refractivity (Wildman–Crippen MR) is 59.0 cm³/mol. The Morgan fingerprint density at radius 1 is 1.62 bits per heavy atom. The van der Waals surface area contributed by atoms with Crippen molar-refractivity contribution in [2.24, 2.45) is 0 Å². The summed E-state index contributed by atoms with van der Waals surface area (Å²) in [6, 6.07) is 0.247. The molecule has 0 saturated carbocycles. The Morgan fingerprint density at radius 3 is 3.12 bits per heavy atom. The molecule has 3 atom stereocenters. The number of hydrogen-bond acceptors (Lipinski definition) is 5. The molecule has 0 aromatic carbocycles. The first-order valence-corrected chi connectivity index (χ1v) is 6.21. The number of nitrogens with one attached hydrogen (secondary N) is 1. The van der Waals surface area contributed by atoms with Gasteiger partial charge in [0.15, 0.2) is 5.69 Å². The largest absolute Gasteiger partial charge is 0.476 e. The minimum absolute atomic E-state index is 0.118. The number of hydrogen-bond donors (Lipinski definition) is 2. The Morgan fingerprint density at radius 2 is 2.50 bits per heavy atom. The molecule has 1 aromatic heterocycles. The fourth-order valence-corrected chi connectivity index (χ4v) is 3.19. The van der Waals surface area contributed by atoms with Gasteiger partial charge in [0.25, 0.3) is 0 Å². The van der Waals surface area contributed by atoms with Crippen molar-refractivity contribution >= 4 is 22.3 Å². The zero-order valence-electron chi connectivity index (χ0n) is 8.55. The highest BCUT2D eigenvalue weighted by Crippen LogP contribution is 2.37. The van der Waals surface area contributed by atoms with Crippen LogP contribution in [0.2, 0.25) is 0 Å². The van der Waals surface area contributed by atoms with E-state index in [2.05, 4.69) is 10.3 Å². The van der Waals surface area contributed by atoms with E-state index in [1.165, 1.54) is 11.3 Å². The minimum atomic E-state index is -0.979. The van der Waals surface area contributed by atoms with Gasteiger partial charge in [-0.2, -0.15) is 0 Å². The molecule has 3 unspecified atom stereocenters. The summed E-state index contributed by atoms with van der Waals surface area (Å²) in [6.45, 7) is 0. The van der Waals surface area contributed by atoms with Crippen LogP contribution in [0, 0.1) is 0 Å². The maximum absolute atomic E-state index is 10.9. The van der Waals surface area contributed by atoms with E-state index in [1.54, 1.807) is 5.51 Å². The highest BCUT2D eigenvalue weighted by molar-refractivity contribution is 7.14. The maximum Gasteiger partial charge on any atom is 0.357 e. The third kappa shape index (κ3) is 1.58. The van der Waals surface area contributed by atoms with Gasteiger partial charge < -0.3 is 15.2 Å². The molecule has 0 radical (unpaired) electrons. The number of nitrogens with zero attached hydrogens (tertiary/aromatic N) is 1. The molecule has 2 saturated heterocycles. The fraction of sp³-hybridized carbons (Fsp3) is 0.600. The smallest absolute Gasteiger partial charge is 0.357 e. The van der Waals surface area contributed by atoms with Crippen molar-refractivity contribution in [1.29, 1.82) is 0 Å². The lowest BCUT2D eigenvalue weighted by molar-refractivity contribution is 0.0692. The van der Waals surface area contributed by atoms with E-state index in [1.807, 2.05) is 0 Å². The first-order valence-electron chi connectivity index (χ1n) is 5.33. The van der Waals surface area contributed by atoms with Crippen LogP contribution in [0.15, 0.2) is 5.51 Å². The van der Waals surface area contributed by atoms with Gasteiger partial charge in [-0.25, -0.2) is 9.78 Å². The summed E-state index contributed by atoms with van der Waals surface area (Å²) in [5, 5.41) is 12.8. The van der Waals surface area contributed by atoms with Crippen LogP contribution in [0.1, 0.15) is 29.8 Å². The second-order valence-corrected chi connectivity index (χ2v) is 5.05. The zero-order valence-corrected chi connectivity index (χ0v) is 9.37. The monoisotopic (exact) mass is 240 g/mol. The number of carboxylic acids is 1. The Kier molecular flexibility index (Phi) is 2.33. The summed E-state index contributed by atoms with van der Waals surface area (Å²) in [5.74, 6) is -0.979. The van der Waals surface area contributed by atoms with Gasteiger partial charge in [0.1, 0.15) is 5.00 Å². The van der Waals surface area contributed by atoms with Gasteiger partial charge in [-0.3, -0.25) is 0 Å². The summed E-state index contributed by atoms with van der Waals surface area (Å²) in [7, 11) is 0. The molecule has 2 bridgehead atoms. The molecule has 86 valence electrons. The van der Waals surface area contributed by atoms with Crippen LogP contribution >= 0.6 is 11.3 Å². The number of rotatable bonds is 3. The van der Waals surface area contributed by atoms with Gasteiger partial charge in [0.2, 0.25) is 0 Å². The number of aromatic carboxylic acids is 1. The Balaban J connectivity index is 1.74. The molecule has 5 nitrogen and oxygen atoms in total. The second-order valence-electron chi connectivity index (χ2n) is 4.20. The van der Waals surface area contributed by atoms with E-state index in [0.29, 0.717) is 11.1 Å². The van der Waals surface area contributed by atoms with Crippen molar-refractivity contribution in [1.82, 2.24) is 4.98 Å². The quantitative estimate of drug-likeness (QED) is 0.839. The summed E-state index contributed by atoms with van der Waals surface area (Å²) in [5.41, 5.74) is 1.67. The molecule has 6 heteroatoms. The number of thiazole rings is 1. The van der Waals surface area contributed by atoms with Crippen LogP contribution in [0.3, 0.4) is 0 Å². The molecule has 2 aliphatic heterocycles. The van der Waals surface area contributed by atoms with Gasteiger partial charge in [-0.05, 0) is 19.3 Å². The van der Waals surface area contributed by atoms with Crippen molar-refractivity contribution in [2.45, 2.75) is 37.5 Å². The number of carbonyl (C=O) groups is 1. The molecule has 2 aliphatic rings. The first kappa shape index (κ1) is 10.0. The number of aromatic nitrogens is 1. The Bertz CT molecular complexity index is 420. The van der Waals surface area contributed by atoms with Crippen molar-refractivity contribution in [3.05, 3.63) is 11.2 Å². The number of fused-ring (bicyclic) bond motifs is 2. The van der Waals surface area contributed by atoms with Crippen LogP contribution in [-0.2, 0) is 4.74 Å². The number of ether oxygens (including phenoxy) is 1. The summed E-state index contributed by atoms with van der Waals surface area (Å²) < 4.78 is 5.71. The lowest BCUT2D eigenvalue weighted by Crippen LogP contribution is -2.30. The SMILES string of the molecule is O=C(O)c1ncsc1NC1CC2CCC1O2. The van der Waals surface area contributed by atoms with Gasteiger partial charge in [0.05, 0.1) is 23.8 Å². The molecular formula is C10H12N2O3S. The Labute approximate surface area is 96.5 Å². The van der Waals surface area contributed by atoms with Crippen molar-refractivity contribution in [3.8, 4) is 0 Å². The third-order valence-corrected chi connectivity index (χ3v) is 3.95. The maximum atomic E-state index is 10.9. The van der Waals surface area contributed by atoms with Crippen molar-refractivity contribution in [2.75, 3.05) is 5.32 Å². The molecule has 16 heavy (non-hydrogen) atoms. The number of anilines is 1. The molecule has 1 aromatic rings. The van der Waals surface area contributed by atoms with Crippen LogP contribution in [0.25, 0.3) is 0 Å². The molecule has 0 spiro atoms. The van der Waals surface area contributed by atoms with Gasteiger partial charge in [-0.1, -0.05) is 0 Å². The Hall–Kier alpha value is -1.14. The predicted octanol–water partition coefficient (Wildman–Crippen LogP) is 1.57. The highest BCUT2D eigenvalue weighted by atomic mass is 32.1. The van der Waals surface area contributed by atoms with E-state index in [9.17, 15) is 4.79 Å². The van der Waals surface area contributed by atoms with Crippen LogP contribution in [0.4, 0.5) is 5.00 Å². The topological polar surface area (TPSA) is 71.5 Å². The summed E-state index contributed by atoms with van der Waals surface area (Å²) in [4.78, 5) is 14.7. The van der Waals surface area contributed by atoms with Gasteiger partial charge in [-0.15, -0.1) is 11.3 Å².